The molecule has 2 rings (SSSR count). The molecule has 0 saturated carbocycles. The topological polar surface area (TPSA) is 47.0 Å². The van der Waals surface area contributed by atoms with Crippen LogP contribution in [0.5, 0.6) is 0 Å². The van der Waals surface area contributed by atoms with Crippen molar-refractivity contribution >= 4 is 5.95 Å². The molecule has 1 saturated heterocycles. The van der Waals surface area contributed by atoms with Gasteiger partial charge in [0.05, 0.1) is 6.10 Å². The van der Waals surface area contributed by atoms with Crippen molar-refractivity contribution in [1.29, 1.82) is 0 Å². The van der Waals surface area contributed by atoms with E-state index in [1.165, 1.54) is 19.3 Å². The molecule has 1 aliphatic rings. The van der Waals surface area contributed by atoms with Crippen LogP contribution in [0.4, 0.5) is 5.95 Å². The standard InChI is InChI=1S/C15H25N3O/c1-11(2)14-10-12(3)17-15(18-14)16-8-7-13-6-4-5-9-19-13/h10-11,13H,4-9H2,1-3H3,(H,16,17,18). The van der Waals surface area contributed by atoms with Gasteiger partial charge in [-0.25, -0.2) is 9.97 Å². The van der Waals surface area contributed by atoms with E-state index in [0.29, 0.717) is 12.0 Å². The molecule has 0 bridgehead atoms. The van der Waals surface area contributed by atoms with Crippen molar-refractivity contribution in [3.63, 3.8) is 0 Å². The first-order chi connectivity index (χ1) is 9.15. The first-order valence-electron chi connectivity index (χ1n) is 7.36. The highest BCUT2D eigenvalue weighted by Gasteiger charge is 2.13. The van der Waals surface area contributed by atoms with E-state index in [2.05, 4.69) is 35.2 Å². The zero-order valence-electron chi connectivity index (χ0n) is 12.3. The zero-order valence-corrected chi connectivity index (χ0v) is 12.3. The van der Waals surface area contributed by atoms with Gasteiger partial charge in [0.2, 0.25) is 5.95 Å². The highest BCUT2D eigenvalue weighted by molar-refractivity contribution is 5.28. The van der Waals surface area contributed by atoms with Gasteiger partial charge in [0.1, 0.15) is 0 Å². The smallest absolute Gasteiger partial charge is 0.223 e. The van der Waals surface area contributed by atoms with Gasteiger partial charge >= 0.3 is 0 Å². The van der Waals surface area contributed by atoms with Crippen LogP contribution in [0, 0.1) is 6.92 Å². The third-order valence-electron chi connectivity index (χ3n) is 3.49. The Hall–Kier alpha value is -1.16. The Labute approximate surface area is 116 Å². The predicted octanol–water partition coefficient (Wildman–Crippen LogP) is 3.28. The monoisotopic (exact) mass is 263 g/mol. The first kappa shape index (κ1) is 14.3. The molecule has 2 heterocycles. The molecular formula is C15H25N3O. The minimum Gasteiger partial charge on any atom is -0.378 e. The highest BCUT2D eigenvalue weighted by atomic mass is 16.5. The number of anilines is 1. The Morgan fingerprint density at radius 3 is 2.89 bits per heavy atom. The maximum atomic E-state index is 5.72. The van der Waals surface area contributed by atoms with E-state index in [-0.39, 0.29) is 0 Å². The van der Waals surface area contributed by atoms with Crippen LogP contribution in [0.25, 0.3) is 0 Å². The molecule has 0 amide bonds. The Balaban J connectivity index is 1.84. The summed E-state index contributed by atoms with van der Waals surface area (Å²) < 4.78 is 5.72. The molecule has 1 aromatic heterocycles. The predicted molar refractivity (Wildman–Crippen MR) is 77.6 cm³/mol. The van der Waals surface area contributed by atoms with Crippen LogP contribution >= 0.6 is 0 Å². The van der Waals surface area contributed by atoms with Gasteiger partial charge in [-0.15, -0.1) is 0 Å². The number of hydrogen-bond acceptors (Lipinski definition) is 4. The van der Waals surface area contributed by atoms with Gasteiger partial charge in [-0.1, -0.05) is 13.8 Å². The van der Waals surface area contributed by atoms with E-state index in [9.17, 15) is 0 Å². The molecule has 0 radical (unpaired) electrons. The molecule has 0 spiro atoms. The molecule has 4 nitrogen and oxygen atoms in total. The van der Waals surface area contributed by atoms with Crippen LogP contribution in [-0.2, 0) is 4.74 Å². The summed E-state index contributed by atoms with van der Waals surface area (Å²) in [6, 6.07) is 2.06. The summed E-state index contributed by atoms with van der Waals surface area (Å²) in [6.45, 7) is 8.13. The van der Waals surface area contributed by atoms with E-state index in [1.807, 2.05) is 6.92 Å². The molecule has 0 aliphatic carbocycles. The van der Waals surface area contributed by atoms with E-state index in [4.69, 9.17) is 4.74 Å². The van der Waals surface area contributed by atoms with Crippen molar-refractivity contribution in [3.8, 4) is 0 Å². The van der Waals surface area contributed by atoms with Crippen LogP contribution in [0.3, 0.4) is 0 Å². The van der Waals surface area contributed by atoms with Crippen molar-refractivity contribution in [1.82, 2.24) is 9.97 Å². The van der Waals surface area contributed by atoms with Crippen molar-refractivity contribution in [2.24, 2.45) is 0 Å². The average Bonchev–Trinajstić information content (AvgIpc) is 2.39. The summed E-state index contributed by atoms with van der Waals surface area (Å²) in [5, 5.41) is 3.33. The lowest BCUT2D eigenvalue weighted by Gasteiger charge is -2.22. The number of ether oxygens (including phenoxy) is 1. The lowest BCUT2D eigenvalue weighted by Crippen LogP contribution is -2.22. The third-order valence-corrected chi connectivity index (χ3v) is 3.49. The Bertz CT molecular complexity index is 400. The zero-order chi connectivity index (χ0) is 13.7. The lowest BCUT2D eigenvalue weighted by atomic mass is 10.1. The second-order valence-corrected chi connectivity index (χ2v) is 5.62. The summed E-state index contributed by atoms with van der Waals surface area (Å²) in [5.41, 5.74) is 2.12. The van der Waals surface area contributed by atoms with E-state index >= 15 is 0 Å². The molecule has 1 N–H and O–H groups in total. The fourth-order valence-electron chi connectivity index (χ4n) is 2.35. The molecular weight excluding hydrogens is 238 g/mol. The van der Waals surface area contributed by atoms with Crippen LogP contribution in [0.2, 0.25) is 0 Å². The van der Waals surface area contributed by atoms with Crippen molar-refractivity contribution in [2.75, 3.05) is 18.5 Å². The molecule has 4 heteroatoms. The molecule has 1 fully saturated rings. The Kier molecular flexibility index (Phi) is 5.14. The highest BCUT2D eigenvalue weighted by Crippen LogP contribution is 2.17. The number of hydrogen-bond donors (Lipinski definition) is 1. The second-order valence-electron chi connectivity index (χ2n) is 5.62. The molecule has 1 aromatic rings. The van der Waals surface area contributed by atoms with E-state index in [1.54, 1.807) is 0 Å². The molecule has 1 unspecified atom stereocenters. The number of nitrogens with zero attached hydrogens (tertiary/aromatic N) is 2. The summed E-state index contributed by atoms with van der Waals surface area (Å²) in [6.07, 6.45) is 5.14. The fraction of sp³-hybridized carbons (Fsp3) is 0.733. The van der Waals surface area contributed by atoms with Gasteiger partial charge in [-0.2, -0.15) is 0 Å². The van der Waals surface area contributed by atoms with Gasteiger partial charge in [-0.05, 0) is 44.6 Å². The second kappa shape index (κ2) is 6.85. The molecule has 106 valence electrons. The Morgan fingerprint density at radius 1 is 1.37 bits per heavy atom. The summed E-state index contributed by atoms with van der Waals surface area (Å²) in [5.74, 6) is 1.18. The normalized spacial score (nSPS) is 19.7. The van der Waals surface area contributed by atoms with Gasteiger partial charge in [0, 0.05) is 24.5 Å². The van der Waals surface area contributed by atoms with Gasteiger partial charge in [0.15, 0.2) is 0 Å². The number of aromatic nitrogens is 2. The summed E-state index contributed by atoms with van der Waals surface area (Å²) in [7, 11) is 0. The van der Waals surface area contributed by atoms with Gasteiger partial charge < -0.3 is 10.1 Å². The number of nitrogens with one attached hydrogen (secondary N) is 1. The minimum atomic E-state index is 0.413. The average molecular weight is 263 g/mol. The molecule has 1 atom stereocenters. The Morgan fingerprint density at radius 2 is 2.21 bits per heavy atom. The maximum Gasteiger partial charge on any atom is 0.223 e. The van der Waals surface area contributed by atoms with Crippen LogP contribution in [-0.4, -0.2) is 29.2 Å². The van der Waals surface area contributed by atoms with E-state index < -0.39 is 0 Å². The number of rotatable bonds is 5. The lowest BCUT2D eigenvalue weighted by molar-refractivity contribution is 0.0134. The van der Waals surface area contributed by atoms with Gasteiger partial charge in [-0.3, -0.25) is 0 Å². The minimum absolute atomic E-state index is 0.413. The van der Waals surface area contributed by atoms with Crippen LogP contribution in [0.1, 0.15) is 56.8 Å². The van der Waals surface area contributed by atoms with Crippen LogP contribution < -0.4 is 5.32 Å². The summed E-state index contributed by atoms with van der Waals surface area (Å²) in [4.78, 5) is 8.99. The number of aryl methyl sites for hydroxylation is 1. The fourth-order valence-corrected chi connectivity index (χ4v) is 2.35. The molecule has 0 aromatic carbocycles. The van der Waals surface area contributed by atoms with Crippen molar-refractivity contribution < 1.29 is 4.74 Å². The quantitative estimate of drug-likeness (QED) is 0.885. The van der Waals surface area contributed by atoms with Gasteiger partial charge in [0.25, 0.3) is 0 Å². The van der Waals surface area contributed by atoms with Crippen LogP contribution in [0.15, 0.2) is 6.07 Å². The molecule has 1 aliphatic heterocycles. The maximum absolute atomic E-state index is 5.72. The van der Waals surface area contributed by atoms with Crippen molar-refractivity contribution in [2.45, 2.75) is 58.5 Å². The SMILES string of the molecule is Cc1cc(C(C)C)nc(NCCC2CCCCO2)n1. The van der Waals surface area contributed by atoms with E-state index in [0.717, 1.165) is 36.9 Å². The third kappa shape index (κ3) is 4.46. The molecule has 19 heavy (non-hydrogen) atoms. The summed E-state index contributed by atoms with van der Waals surface area (Å²) >= 11 is 0. The first-order valence-corrected chi connectivity index (χ1v) is 7.36. The largest absolute Gasteiger partial charge is 0.378 e. The van der Waals surface area contributed by atoms with Crippen molar-refractivity contribution in [3.05, 3.63) is 17.5 Å².